The van der Waals surface area contributed by atoms with Gasteiger partial charge in [-0.3, -0.25) is 14.9 Å². The monoisotopic (exact) mass is 551 g/mol. The van der Waals surface area contributed by atoms with Gasteiger partial charge in [0.2, 0.25) is 10.0 Å². The summed E-state index contributed by atoms with van der Waals surface area (Å²) >= 11 is 0. The lowest BCUT2D eigenvalue weighted by atomic mass is 10.0. The van der Waals surface area contributed by atoms with Crippen LogP contribution >= 0.6 is 0 Å². The number of aliphatic hydroxyl groups excluding tert-OH is 1. The number of carbonyl (C=O) groups excluding carboxylic acids is 1. The highest BCUT2D eigenvalue weighted by Gasteiger charge is 2.35. The summed E-state index contributed by atoms with van der Waals surface area (Å²) in [4.78, 5) is 33.3. The van der Waals surface area contributed by atoms with Gasteiger partial charge in [0, 0.05) is 25.6 Å². The predicted molar refractivity (Wildman–Crippen MR) is 138 cm³/mol. The molecule has 1 amide bonds. The molecule has 0 heterocycles. The van der Waals surface area contributed by atoms with Crippen molar-refractivity contribution >= 4 is 27.8 Å². The van der Waals surface area contributed by atoms with E-state index in [0.29, 0.717) is 0 Å². The third kappa shape index (κ3) is 9.39. The number of nitrogens with zero attached hydrogens (tertiary/aromatic N) is 2. The van der Waals surface area contributed by atoms with E-state index in [0.717, 1.165) is 22.0 Å². The van der Waals surface area contributed by atoms with E-state index in [4.69, 9.17) is 9.84 Å². The highest BCUT2D eigenvalue weighted by atomic mass is 32.2. The largest absolute Gasteiger partial charge is 0.481 e. The zero-order chi connectivity index (χ0) is 28.3. The molecule has 0 saturated heterocycles. The van der Waals surface area contributed by atoms with Gasteiger partial charge in [-0.05, 0) is 30.4 Å². The number of amides is 1. The van der Waals surface area contributed by atoms with Crippen molar-refractivity contribution in [3.8, 4) is 0 Å². The molecule has 2 aromatic carbocycles. The molecular formula is C25H33N3O9S. The molecule has 0 aliphatic heterocycles. The lowest BCUT2D eigenvalue weighted by Gasteiger charge is -2.30. The zero-order valence-electron chi connectivity index (χ0n) is 21.2. The fraction of sp³-hybridized carbons (Fsp3) is 0.440. The summed E-state index contributed by atoms with van der Waals surface area (Å²) in [6, 6.07) is 12.9. The molecule has 0 radical (unpaired) electrons. The van der Waals surface area contributed by atoms with Gasteiger partial charge in [0.05, 0.1) is 23.7 Å². The van der Waals surface area contributed by atoms with Gasteiger partial charge in [0.1, 0.15) is 0 Å². The molecule has 2 atom stereocenters. The normalized spacial score (nSPS) is 13.2. The summed E-state index contributed by atoms with van der Waals surface area (Å²) in [6.45, 7) is 2.88. The highest BCUT2D eigenvalue weighted by molar-refractivity contribution is 7.89. The van der Waals surface area contributed by atoms with Crippen LogP contribution in [0.25, 0.3) is 0 Å². The number of carboxylic acid groups (broad SMARTS) is 1. The molecule has 0 aromatic heterocycles. The Morgan fingerprint density at radius 3 is 2.32 bits per heavy atom. The standard InChI is InChI=1S/C25H33N3O9S/c1-18(2)16-27(38(35,36)23-12-7-6-11-21(23)28(33)34)17-22(29)20(15-19-9-4-3-5-10-19)26-25(32)37-14-8-13-24(30)31/h3-7,9-12,18,20,22,29H,8,13-17H2,1-2H3,(H,26,32)(H,30,31). The van der Waals surface area contributed by atoms with Crippen molar-refractivity contribution in [2.45, 2.75) is 50.2 Å². The molecule has 13 heteroatoms. The number of hydrogen-bond donors (Lipinski definition) is 3. The molecule has 2 rings (SSSR count). The minimum Gasteiger partial charge on any atom is -0.481 e. The second-order valence-electron chi connectivity index (χ2n) is 9.08. The molecule has 0 aliphatic rings. The maximum atomic E-state index is 13.5. The van der Waals surface area contributed by atoms with Crippen LogP contribution in [0.5, 0.6) is 0 Å². The van der Waals surface area contributed by atoms with Crippen LogP contribution in [0.1, 0.15) is 32.3 Å². The van der Waals surface area contributed by atoms with E-state index in [2.05, 4.69) is 5.32 Å². The van der Waals surface area contributed by atoms with Crippen molar-refractivity contribution < 1.29 is 37.9 Å². The number of rotatable bonds is 15. The van der Waals surface area contributed by atoms with E-state index >= 15 is 0 Å². The van der Waals surface area contributed by atoms with Gasteiger partial charge >= 0.3 is 12.1 Å². The Morgan fingerprint density at radius 2 is 1.71 bits per heavy atom. The lowest BCUT2D eigenvalue weighted by Crippen LogP contribution is -2.51. The predicted octanol–water partition coefficient (Wildman–Crippen LogP) is 2.80. The Bertz CT molecular complexity index is 1190. The first-order valence-electron chi connectivity index (χ1n) is 12.0. The lowest BCUT2D eigenvalue weighted by molar-refractivity contribution is -0.387. The van der Waals surface area contributed by atoms with Crippen LogP contribution in [0.2, 0.25) is 0 Å². The van der Waals surface area contributed by atoms with Crippen molar-refractivity contribution in [1.82, 2.24) is 9.62 Å². The third-order valence-corrected chi connectivity index (χ3v) is 7.35. The molecule has 0 bridgehead atoms. The Morgan fingerprint density at radius 1 is 1.08 bits per heavy atom. The zero-order valence-corrected chi connectivity index (χ0v) is 22.0. The number of carbonyl (C=O) groups is 2. The number of para-hydroxylation sites is 1. The quantitative estimate of drug-likeness (QED) is 0.171. The second-order valence-corrected chi connectivity index (χ2v) is 11.0. The number of aliphatic hydroxyl groups is 1. The number of ether oxygens (including phenoxy) is 1. The van der Waals surface area contributed by atoms with E-state index in [1.807, 2.05) is 0 Å². The van der Waals surface area contributed by atoms with Gasteiger partial charge < -0.3 is 20.3 Å². The van der Waals surface area contributed by atoms with Crippen molar-refractivity contribution in [1.29, 1.82) is 0 Å². The maximum Gasteiger partial charge on any atom is 0.407 e. The summed E-state index contributed by atoms with van der Waals surface area (Å²) < 4.78 is 33.0. The molecule has 208 valence electrons. The van der Waals surface area contributed by atoms with Crippen molar-refractivity contribution in [3.05, 3.63) is 70.3 Å². The van der Waals surface area contributed by atoms with Crippen LogP contribution in [0.3, 0.4) is 0 Å². The summed E-state index contributed by atoms with van der Waals surface area (Å²) in [5.41, 5.74) is 0.166. The summed E-state index contributed by atoms with van der Waals surface area (Å²) in [5.74, 6) is -1.21. The first-order chi connectivity index (χ1) is 17.9. The van der Waals surface area contributed by atoms with E-state index < -0.39 is 56.3 Å². The van der Waals surface area contributed by atoms with Gasteiger partial charge in [-0.25, -0.2) is 13.2 Å². The maximum absolute atomic E-state index is 13.5. The summed E-state index contributed by atoms with van der Waals surface area (Å²) in [7, 11) is -4.40. The van der Waals surface area contributed by atoms with Gasteiger partial charge in [-0.15, -0.1) is 0 Å². The molecular weight excluding hydrogens is 518 g/mol. The first kappa shape index (κ1) is 30.7. The number of benzene rings is 2. The fourth-order valence-electron chi connectivity index (χ4n) is 3.71. The van der Waals surface area contributed by atoms with Crippen LogP contribution < -0.4 is 5.32 Å². The Kier molecular flexibility index (Phi) is 11.6. The van der Waals surface area contributed by atoms with Gasteiger partial charge in [-0.1, -0.05) is 56.3 Å². The molecule has 38 heavy (non-hydrogen) atoms. The Hall–Kier alpha value is -3.55. The SMILES string of the molecule is CC(C)CN(CC(O)C(Cc1ccccc1)NC(=O)OCCCC(=O)O)S(=O)(=O)c1ccccc1[N+](=O)[O-]. The van der Waals surface area contributed by atoms with Crippen LogP contribution in [-0.2, 0) is 26.0 Å². The summed E-state index contributed by atoms with van der Waals surface area (Å²) in [6.07, 6.45) is -2.26. The fourth-order valence-corrected chi connectivity index (χ4v) is 5.49. The van der Waals surface area contributed by atoms with Gasteiger partial charge in [-0.2, -0.15) is 4.31 Å². The van der Waals surface area contributed by atoms with E-state index in [1.165, 1.54) is 12.1 Å². The molecule has 0 saturated carbocycles. The molecule has 2 unspecified atom stereocenters. The molecule has 12 nitrogen and oxygen atoms in total. The molecule has 0 fully saturated rings. The Balaban J connectivity index is 2.30. The van der Waals surface area contributed by atoms with Crippen molar-refractivity contribution in [3.63, 3.8) is 0 Å². The number of nitro benzene ring substituents is 1. The van der Waals surface area contributed by atoms with Crippen LogP contribution in [0, 0.1) is 16.0 Å². The first-order valence-corrected chi connectivity index (χ1v) is 13.5. The number of aliphatic carboxylic acids is 1. The molecule has 0 spiro atoms. The molecule has 2 aromatic rings. The average molecular weight is 552 g/mol. The highest BCUT2D eigenvalue weighted by Crippen LogP contribution is 2.27. The molecule has 0 aliphatic carbocycles. The topological polar surface area (TPSA) is 176 Å². The van der Waals surface area contributed by atoms with Crippen LogP contribution in [-0.4, -0.2) is 71.8 Å². The number of sulfonamides is 1. The number of carboxylic acids is 1. The van der Waals surface area contributed by atoms with Crippen molar-refractivity contribution in [2.75, 3.05) is 19.7 Å². The smallest absolute Gasteiger partial charge is 0.407 e. The number of nitro groups is 1. The second kappa shape index (κ2) is 14.4. The van der Waals surface area contributed by atoms with Gasteiger partial charge in [0.25, 0.3) is 5.69 Å². The van der Waals surface area contributed by atoms with Crippen LogP contribution in [0.15, 0.2) is 59.5 Å². The van der Waals surface area contributed by atoms with Gasteiger partial charge in [0.15, 0.2) is 4.90 Å². The Labute approximate surface area is 221 Å². The average Bonchev–Trinajstić information content (AvgIpc) is 2.86. The minimum atomic E-state index is -4.40. The van der Waals surface area contributed by atoms with Crippen molar-refractivity contribution in [2.24, 2.45) is 5.92 Å². The van der Waals surface area contributed by atoms with Crippen LogP contribution in [0.4, 0.5) is 10.5 Å². The van der Waals surface area contributed by atoms with E-state index in [-0.39, 0.29) is 38.3 Å². The summed E-state index contributed by atoms with van der Waals surface area (Å²) in [5, 5.41) is 33.9. The van der Waals surface area contributed by atoms with E-state index in [9.17, 15) is 33.2 Å². The minimum absolute atomic E-state index is 0.0386. The molecule has 3 N–H and O–H groups in total. The number of hydrogen-bond acceptors (Lipinski definition) is 8. The number of alkyl carbamates (subject to hydrolysis) is 1. The number of nitrogens with one attached hydrogen (secondary N) is 1. The third-order valence-electron chi connectivity index (χ3n) is 5.47. The van der Waals surface area contributed by atoms with E-state index in [1.54, 1.807) is 44.2 Å².